The lowest BCUT2D eigenvalue weighted by Gasteiger charge is -2.14. The van der Waals surface area contributed by atoms with Crippen molar-refractivity contribution in [1.29, 1.82) is 0 Å². The molecule has 1 aromatic heterocycles. The van der Waals surface area contributed by atoms with E-state index in [4.69, 9.17) is 32.9 Å². The number of methoxy groups -OCH3 is 1. The van der Waals surface area contributed by atoms with Crippen molar-refractivity contribution in [2.75, 3.05) is 12.4 Å². The molecule has 6 heteroatoms. The predicted octanol–water partition coefficient (Wildman–Crippen LogP) is 7.38. The molecule has 4 rings (SSSR count). The Labute approximate surface area is 179 Å². The summed E-state index contributed by atoms with van der Waals surface area (Å²) in [5.74, 6) is 0.597. The smallest absolute Gasteiger partial charge is 0.139 e. The maximum Gasteiger partial charge on any atom is 0.139 e. The molecule has 1 N–H and O–H groups in total. The quantitative estimate of drug-likeness (QED) is 0.366. The number of hydrogen-bond acceptors (Lipinski definition) is 3. The Bertz CT molecular complexity index is 1100. The summed E-state index contributed by atoms with van der Waals surface area (Å²) in [6, 6.07) is 23.4. The van der Waals surface area contributed by atoms with Gasteiger partial charge in [-0.2, -0.15) is 0 Å². The number of halogens is 3. The van der Waals surface area contributed by atoms with Crippen LogP contribution in [0.25, 0.3) is 22.2 Å². The van der Waals surface area contributed by atoms with E-state index in [1.54, 1.807) is 7.11 Å². The molecule has 0 saturated heterocycles. The average molecular weight is 432 g/mol. The maximum absolute atomic E-state index is 6.36. The van der Waals surface area contributed by atoms with Crippen LogP contribution >= 0.6 is 35.6 Å². The predicted molar refractivity (Wildman–Crippen MR) is 121 cm³/mol. The Balaban J connectivity index is 0.00000225. The Morgan fingerprint density at radius 1 is 0.893 bits per heavy atom. The van der Waals surface area contributed by atoms with Gasteiger partial charge in [-0.15, -0.1) is 12.4 Å². The molecule has 0 aliphatic carbocycles. The van der Waals surface area contributed by atoms with Crippen LogP contribution < -0.4 is 10.1 Å². The Morgan fingerprint density at radius 2 is 1.61 bits per heavy atom. The molecule has 0 unspecified atom stereocenters. The summed E-state index contributed by atoms with van der Waals surface area (Å²) >= 11 is 12.4. The highest BCUT2D eigenvalue weighted by atomic mass is 35.5. The molecular weight excluding hydrogens is 415 g/mol. The van der Waals surface area contributed by atoms with E-state index in [0.717, 1.165) is 33.5 Å². The van der Waals surface area contributed by atoms with E-state index in [0.29, 0.717) is 15.8 Å². The van der Waals surface area contributed by atoms with Crippen LogP contribution in [0, 0.1) is 0 Å². The van der Waals surface area contributed by atoms with Crippen LogP contribution in [-0.2, 0) is 0 Å². The molecule has 4 aromatic rings. The van der Waals surface area contributed by atoms with Crippen molar-refractivity contribution in [1.82, 2.24) is 4.98 Å². The van der Waals surface area contributed by atoms with E-state index in [1.807, 2.05) is 72.8 Å². The molecule has 3 nitrogen and oxygen atoms in total. The summed E-state index contributed by atoms with van der Waals surface area (Å²) < 4.78 is 5.36. The van der Waals surface area contributed by atoms with Gasteiger partial charge < -0.3 is 10.1 Å². The van der Waals surface area contributed by atoms with Gasteiger partial charge >= 0.3 is 0 Å². The van der Waals surface area contributed by atoms with E-state index in [9.17, 15) is 0 Å². The van der Waals surface area contributed by atoms with Gasteiger partial charge in [0.25, 0.3) is 0 Å². The van der Waals surface area contributed by atoms with E-state index in [1.165, 1.54) is 0 Å². The molecule has 0 spiro atoms. The fourth-order valence-electron chi connectivity index (χ4n) is 2.93. The van der Waals surface area contributed by atoms with Gasteiger partial charge in [-0.1, -0.05) is 53.5 Å². The minimum Gasteiger partial charge on any atom is -0.495 e. The highest BCUT2D eigenvalue weighted by Crippen LogP contribution is 2.36. The molecule has 0 aliphatic rings. The molecule has 0 atom stereocenters. The highest BCUT2D eigenvalue weighted by Gasteiger charge is 2.12. The van der Waals surface area contributed by atoms with Crippen molar-refractivity contribution in [2.45, 2.75) is 0 Å². The first kappa shape index (κ1) is 20.3. The molecule has 0 amide bonds. The van der Waals surface area contributed by atoms with Crippen molar-refractivity contribution >= 4 is 57.9 Å². The summed E-state index contributed by atoms with van der Waals surface area (Å²) in [7, 11) is 1.60. The van der Waals surface area contributed by atoms with Crippen LogP contribution in [0.5, 0.6) is 5.75 Å². The van der Waals surface area contributed by atoms with Crippen LogP contribution in [0.2, 0.25) is 10.0 Å². The number of nitrogens with zero attached hydrogens (tertiary/aromatic N) is 1. The summed E-state index contributed by atoms with van der Waals surface area (Å²) in [4.78, 5) is 4.81. The average Bonchev–Trinajstić information content (AvgIpc) is 2.70. The summed E-state index contributed by atoms with van der Waals surface area (Å²) in [6.45, 7) is 0. The summed E-state index contributed by atoms with van der Waals surface area (Å²) in [6.07, 6.45) is 0. The van der Waals surface area contributed by atoms with Crippen molar-refractivity contribution in [2.24, 2.45) is 0 Å². The van der Waals surface area contributed by atoms with E-state index >= 15 is 0 Å². The monoisotopic (exact) mass is 430 g/mol. The molecule has 0 radical (unpaired) electrons. The van der Waals surface area contributed by atoms with Crippen LogP contribution in [0.1, 0.15) is 0 Å². The molecule has 3 aromatic carbocycles. The third-order valence-corrected chi connectivity index (χ3v) is 4.82. The minimum absolute atomic E-state index is 0. The first-order valence-electron chi connectivity index (χ1n) is 8.40. The molecule has 0 fully saturated rings. The lowest BCUT2D eigenvalue weighted by Crippen LogP contribution is -1.96. The molecule has 28 heavy (non-hydrogen) atoms. The molecule has 0 bridgehead atoms. The number of fused-ring (bicyclic) bond motifs is 1. The van der Waals surface area contributed by atoms with Crippen LogP contribution in [0.15, 0.2) is 72.8 Å². The highest BCUT2D eigenvalue weighted by molar-refractivity contribution is 6.33. The Hall–Kier alpha value is -2.46. The zero-order chi connectivity index (χ0) is 18.8. The van der Waals surface area contributed by atoms with E-state index in [-0.39, 0.29) is 12.4 Å². The number of rotatable bonds is 4. The van der Waals surface area contributed by atoms with Crippen molar-refractivity contribution < 1.29 is 4.74 Å². The van der Waals surface area contributed by atoms with Gasteiger partial charge in [0.1, 0.15) is 5.75 Å². The second-order valence-corrected chi connectivity index (χ2v) is 6.90. The fourth-order valence-corrected chi connectivity index (χ4v) is 3.30. The number of ether oxygens (including phenoxy) is 1. The van der Waals surface area contributed by atoms with Crippen LogP contribution in [0.4, 0.5) is 11.4 Å². The number of hydrogen-bond donors (Lipinski definition) is 1. The first-order valence-corrected chi connectivity index (χ1v) is 9.16. The first-order chi connectivity index (χ1) is 13.1. The Kier molecular flexibility index (Phi) is 6.30. The lowest BCUT2D eigenvalue weighted by atomic mass is 10.1. The van der Waals surface area contributed by atoms with Gasteiger partial charge in [0, 0.05) is 27.7 Å². The maximum atomic E-state index is 6.36. The molecule has 0 saturated carbocycles. The normalized spacial score (nSPS) is 10.4. The zero-order valence-corrected chi connectivity index (χ0v) is 17.3. The number of benzene rings is 3. The number of anilines is 2. The minimum atomic E-state index is 0. The molecular formula is C22H17Cl3N2O. The largest absolute Gasteiger partial charge is 0.495 e. The molecule has 142 valence electrons. The second-order valence-electron chi connectivity index (χ2n) is 6.06. The van der Waals surface area contributed by atoms with E-state index < -0.39 is 0 Å². The van der Waals surface area contributed by atoms with Crippen molar-refractivity contribution in [3.8, 4) is 17.0 Å². The van der Waals surface area contributed by atoms with Gasteiger partial charge in [0.2, 0.25) is 0 Å². The third kappa shape index (κ3) is 4.17. The van der Waals surface area contributed by atoms with Gasteiger partial charge in [-0.25, -0.2) is 4.98 Å². The number of nitrogens with one attached hydrogen (secondary N) is 1. The van der Waals surface area contributed by atoms with Gasteiger partial charge in [-0.05, 0) is 36.4 Å². The molecule has 0 aliphatic heterocycles. The van der Waals surface area contributed by atoms with Crippen LogP contribution in [-0.4, -0.2) is 12.1 Å². The second kappa shape index (κ2) is 8.70. The van der Waals surface area contributed by atoms with E-state index in [2.05, 4.69) is 5.32 Å². The standard InChI is InChI=1S/C22H16Cl2N2O.ClH/c1-27-22-13-21-17(11-18(22)24)20(25-16-9-7-15(23)8-10-16)12-19(26-21)14-5-3-2-4-6-14;/h2-13H,1H3,(H,25,26);1H. The van der Waals surface area contributed by atoms with Gasteiger partial charge in [-0.3, -0.25) is 0 Å². The van der Waals surface area contributed by atoms with Gasteiger partial charge in [0.15, 0.2) is 0 Å². The molecule has 1 heterocycles. The number of pyridine rings is 1. The number of aromatic nitrogens is 1. The SMILES string of the molecule is COc1cc2nc(-c3ccccc3)cc(Nc3ccc(Cl)cc3)c2cc1Cl.Cl. The van der Waals surface area contributed by atoms with Crippen molar-refractivity contribution in [3.05, 3.63) is 82.8 Å². The fraction of sp³-hybridized carbons (Fsp3) is 0.0455. The van der Waals surface area contributed by atoms with Crippen molar-refractivity contribution in [3.63, 3.8) is 0 Å². The lowest BCUT2D eigenvalue weighted by molar-refractivity contribution is 0.415. The third-order valence-electron chi connectivity index (χ3n) is 4.28. The summed E-state index contributed by atoms with van der Waals surface area (Å²) in [5.41, 5.74) is 4.54. The van der Waals surface area contributed by atoms with Crippen LogP contribution in [0.3, 0.4) is 0 Å². The topological polar surface area (TPSA) is 34.1 Å². The Morgan fingerprint density at radius 3 is 2.29 bits per heavy atom. The zero-order valence-electron chi connectivity index (χ0n) is 14.9. The summed E-state index contributed by atoms with van der Waals surface area (Å²) in [5, 5.41) is 5.60. The van der Waals surface area contributed by atoms with Gasteiger partial charge in [0.05, 0.1) is 29.0 Å².